The highest BCUT2D eigenvalue weighted by atomic mass is 16.8. The second-order valence-electron chi connectivity index (χ2n) is 9.04. The van der Waals surface area contributed by atoms with Crippen LogP contribution < -0.4 is 16.8 Å². The number of nitrogens with one attached hydrogen (secondary N) is 1. The van der Waals surface area contributed by atoms with Crippen molar-refractivity contribution >= 4 is 18.4 Å². The van der Waals surface area contributed by atoms with Crippen molar-refractivity contribution < 1.29 is 33.3 Å². The maximum absolute atomic E-state index is 11.0. The van der Waals surface area contributed by atoms with Gasteiger partial charge >= 0.3 is 18.4 Å². The van der Waals surface area contributed by atoms with Crippen LogP contribution in [0.15, 0.2) is 0 Å². The topological polar surface area (TPSA) is 152 Å². The number of carbonyl (C=O) groups is 3. The van der Waals surface area contributed by atoms with E-state index in [4.69, 9.17) is 25.7 Å². The lowest BCUT2D eigenvalue weighted by molar-refractivity contribution is -0.0294. The average Bonchev–Trinajstić information content (AvgIpc) is 2.48. The number of carbonyl (C=O) groups excluding carboxylic acids is 3. The van der Waals surface area contributed by atoms with Gasteiger partial charge in [0.25, 0.3) is 0 Å². The summed E-state index contributed by atoms with van der Waals surface area (Å²) in [7, 11) is 0. The Hall–Kier alpha value is -2.07. The maximum atomic E-state index is 11.0. The Labute approximate surface area is 181 Å². The van der Waals surface area contributed by atoms with Gasteiger partial charge in [-0.1, -0.05) is 6.92 Å². The van der Waals surface area contributed by atoms with E-state index in [2.05, 4.69) is 17.0 Å². The Balaban J connectivity index is -0.000000425. The van der Waals surface area contributed by atoms with Crippen LogP contribution in [0.3, 0.4) is 0 Å². The van der Waals surface area contributed by atoms with Gasteiger partial charge < -0.3 is 35.7 Å². The van der Waals surface area contributed by atoms with E-state index in [1.54, 1.807) is 41.5 Å². The molecule has 1 amide bonds. The van der Waals surface area contributed by atoms with Gasteiger partial charge in [0.05, 0.1) is 0 Å². The Kier molecular flexibility index (Phi) is 17.1. The highest BCUT2D eigenvalue weighted by molar-refractivity contribution is 5.77. The summed E-state index contributed by atoms with van der Waals surface area (Å²) in [5.74, 6) is 0. The van der Waals surface area contributed by atoms with E-state index in [1.165, 1.54) is 0 Å². The van der Waals surface area contributed by atoms with Crippen LogP contribution in [0.4, 0.5) is 14.4 Å². The van der Waals surface area contributed by atoms with E-state index in [0.29, 0.717) is 13.1 Å². The predicted molar refractivity (Wildman–Crippen MR) is 116 cm³/mol. The van der Waals surface area contributed by atoms with Crippen LogP contribution in [0.2, 0.25) is 0 Å². The molecule has 0 heterocycles. The second-order valence-corrected chi connectivity index (χ2v) is 9.04. The Morgan fingerprint density at radius 2 is 1.03 bits per heavy atom. The van der Waals surface area contributed by atoms with Crippen LogP contribution in [-0.4, -0.2) is 54.8 Å². The molecule has 30 heavy (non-hydrogen) atoms. The van der Waals surface area contributed by atoms with Crippen LogP contribution in [-0.2, 0) is 18.9 Å². The van der Waals surface area contributed by atoms with Crippen molar-refractivity contribution in [1.29, 1.82) is 0 Å². The fraction of sp³-hybridized carbons (Fsp3) is 0.850. The molecular formula is C20H43N3O7. The van der Waals surface area contributed by atoms with E-state index >= 15 is 0 Å². The van der Waals surface area contributed by atoms with Crippen LogP contribution >= 0.6 is 0 Å². The molecule has 0 aliphatic carbocycles. The van der Waals surface area contributed by atoms with Gasteiger partial charge in [-0.05, 0) is 75.3 Å². The first-order valence-corrected chi connectivity index (χ1v) is 9.87. The van der Waals surface area contributed by atoms with Gasteiger partial charge in [-0.2, -0.15) is 0 Å². The molecule has 0 aromatic rings. The summed E-state index contributed by atoms with van der Waals surface area (Å²) in [5, 5.41) is 2.50. The molecule has 10 nitrogen and oxygen atoms in total. The van der Waals surface area contributed by atoms with Crippen molar-refractivity contribution in [3.63, 3.8) is 0 Å². The minimum atomic E-state index is -1.06. The van der Waals surface area contributed by atoms with Gasteiger partial charge in [-0.25, -0.2) is 14.4 Å². The number of alkyl carbamates (subject to hydrolysis) is 1. The first-order valence-electron chi connectivity index (χ1n) is 9.87. The monoisotopic (exact) mass is 437 g/mol. The van der Waals surface area contributed by atoms with Gasteiger partial charge in [0.15, 0.2) is 0 Å². The third-order valence-corrected chi connectivity index (χ3v) is 2.05. The SMILES string of the molecule is CC(C)(C)OC(=O)NCCN.CC(C)(C)OC(=O)OC(=O)OC(C)(C)C.CCCN. The molecule has 0 aromatic carbocycles. The minimum Gasteiger partial charge on any atom is -0.444 e. The molecule has 0 aromatic heterocycles. The van der Waals surface area contributed by atoms with Crippen molar-refractivity contribution in [2.24, 2.45) is 11.5 Å². The van der Waals surface area contributed by atoms with Crippen LogP contribution in [0.1, 0.15) is 75.7 Å². The van der Waals surface area contributed by atoms with Crippen LogP contribution in [0.25, 0.3) is 0 Å². The first kappa shape index (κ1) is 32.6. The summed E-state index contributed by atoms with van der Waals surface area (Å²) in [6, 6.07) is 0. The smallest absolute Gasteiger partial charge is 0.444 e. The largest absolute Gasteiger partial charge is 0.519 e. The van der Waals surface area contributed by atoms with Gasteiger partial charge in [-0.3, -0.25) is 0 Å². The molecule has 0 bridgehead atoms. The molecule has 0 spiro atoms. The molecule has 0 atom stereocenters. The highest BCUT2D eigenvalue weighted by Crippen LogP contribution is 2.11. The predicted octanol–water partition coefficient (Wildman–Crippen LogP) is 3.70. The van der Waals surface area contributed by atoms with Crippen LogP contribution in [0.5, 0.6) is 0 Å². The average molecular weight is 438 g/mol. The molecule has 0 aliphatic rings. The summed E-state index contributed by atoms with van der Waals surface area (Å²) in [6.07, 6.45) is -1.43. The zero-order valence-electron chi connectivity index (χ0n) is 20.3. The van der Waals surface area contributed by atoms with Crippen molar-refractivity contribution in [2.45, 2.75) is 92.5 Å². The van der Waals surface area contributed by atoms with Crippen molar-refractivity contribution in [1.82, 2.24) is 5.32 Å². The maximum Gasteiger partial charge on any atom is 0.519 e. The van der Waals surface area contributed by atoms with Gasteiger partial charge in [-0.15, -0.1) is 0 Å². The third-order valence-electron chi connectivity index (χ3n) is 2.05. The molecule has 0 saturated heterocycles. The Morgan fingerprint density at radius 1 is 0.700 bits per heavy atom. The molecule has 0 rings (SSSR count). The lowest BCUT2D eigenvalue weighted by atomic mass is 10.2. The van der Waals surface area contributed by atoms with E-state index < -0.39 is 35.2 Å². The minimum absolute atomic E-state index is 0.414. The van der Waals surface area contributed by atoms with Gasteiger partial charge in [0.1, 0.15) is 16.8 Å². The molecule has 0 aliphatic heterocycles. The number of ether oxygens (including phenoxy) is 4. The van der Waals surface area contributed by atoms with E-state index in [-0.39, 0.29) is 0 Å². The standard InChI is InChI=1S/C10H18O5.C7H16N2O2.C3H9N/c1-9(2,3)14-7(11)13-8(12)15-10(4,5)6;1-7(2,3)11-6(10)9-5-4-8;1-2-3-4/h1-6H3;4-5,8H2,1-3H3,(H,9,10);2-4H2,1H3. The van der Waals surface area contributed by atoms with E-state index in [1.807, 2.05) is 20.8 Å². The zero-order valence-corrected chi connectivity index (χ0v) is 20.3. The lowest BCUT2D eigenvalue weighted by Gasteiger charge is -2.20. The summed E-state index contributed by atoms with van der Waals surface area (Å²) in [6.45, 7) is 19.2. The highest BCUT2D eigenvalue weighted by Gasteiger charge is 2.24. The molecule has 10 heteroatoms. The number of nitrogens with two attached hydrogens (primary N) is 2. The Morgan fingerprint density at radius 3 is 1.27 bits per heavy atom. The van der Waals surface area contributed by atoms with E-state index in [9.17, 15) is 14.4 Å². The summed E-state index contributed by atoms with van der Waals surface area (Å²) in [5.41, 5.74) is 8.38. The van der Waals surface area contributed by atoms with Crippen molar-refractivity contribution in [2.75, 3.05) is 19.6 Å². The molecule has 0 fully saturated rings. The Bertz CT molecular complexity index is 462. The number of hydrogen-bond acceptors (Lipinski definition) is 9. The molecular weight excluding hydrogens is 394 g/mol. The van der Waals surface area contributed by atoms with E-state index in [0.717, 1.165) is 13.0 Å². The molecule has 180 valence electrons. The normalized spacial score (nSPS) is 10.9. The van der Waals surface area contributed by atoms with Gasteiger partial charge in [0.2, 0.25) is 0 Å². The quantitative estimate of drug-likeness (QED) is 0.341. The number of hydrogen-bond donors (Lipinski definition) is 3. The number of rotatable bonds is 3. The van der Waals surface area contributed by atoms with Gasteiger partial charge in [0, 0.05) is 13.1 Å². The lowest BCUT2D eigenvalue weighted by Crippen LogP contribution is -2.35. The second kappa shape index (κ2) is 15.7. The summed E-state index contributed by atoms with van der Waals surface area (Å²) >= 11 is 0. The fourth-order valence-electron chi connectivity index (χ4n) is 1.10. The van der Waals surface area contributed by atoms with Crippen molar-refractivity contribution in [3.05, 3.63) is 0 Å². The summed E-state index contributed by atoms with van der Waals surface area (Å²) < 4.78 is 18.7. The molecule has 0 unspecified atom stereocenters. The van der Waals surface area contributed by atoms with Crippen molar-refractivity contribution in [3.8, 4) is 0 Å². The summed E-state index contributed by atoms with van der Waals surface area (Å²) in [4.78, 5) is 32.8. The van der Waals surface area contributed by atoms with Crippen LogP contribution in [0, 0.1) is 0 Å². The fourth-order valence-corrected chi connectivity index (χ4v) is 1.10. The zero-order chi connectivity index (χ0) is 24.6. The molecule has 0 radical (unpaired) electrons. The molecule has 0 saturated carbocycles. The molecule has 5 N–H and O–H groups in total. The third kappa shape index (κ3) is 33.5. The number of amides is 1. The first-order chi connectivity index (χ1) is 13.4.